The molecule has 1 aliphatic rings. The Kier molecular flexibility index (Phi) is 4.76. The molecule has 126 valence electrons. The van der Waals surface area contributed by atoms with Crippen LogP contribution in [0.1, 0.15) is 22.7 Å². The van der Waals surface area contributed by atoms with Gasteiger partial charge in [-0.25, -0.2) is 4.98 Å². The lowest BCUT2D eigenvalue weighted by atomic mass is 9.97. The zero-order valence-electron chi connectivity index (χ0n) is 14.0. The summed E-state index contributed by atoms with van der Waals surface area (Å²) < 4.78 is 0. The molecule has 3 rings (SSSR count). The van der Waals surface area contributed by atoms with Gasteiger partial charge >= 0.3 is 5.97 Å². The first-order valence-corrected chi connectivity index (χ1v) is 8.11. The van der Waals surface area contributed by atoms with E-state index >= 15 is 0 Å². The van der Waals surface area contributed by atoms with Crippen molar-refractivity contribution in [1.82, 2.24) is 14.9 Å². The number of benzene rings is 1. The maximum Gasteiger partial charge on any atom is 0.325 e. The van der Waals surface area contributed by atoms with Gasteiger partial charge in [0, 0.05) is 38.6 Å². The summed E-state index contributed by atoms with van der Waals surface area (Å²) in [5.74, 6) is 0.0467. The summed E-state index contributed by atoms with van der Waals surface area (Å²) in [4.78, 5) is 24.5. The van der Waals surface area contributed by atoms with Crippen LogP contribution in [0.25, 0.3) is 0 Å². The largest absolute Gasteiger partial charge is 0.480 e. The Hall–Kier alpha value is -2.47. The molecule has 6 nitrogen and oxygen atoms in total. The number of carboxylic acids is 1. The zero-order valence-corrected chi connectivity index (χ0v) is 14.0. The van der Waals surface area contributed by atoms with Crippen molar-refractivity contribution >= 4 is 11.8 Å². The van der Waals surface area contributed by atoms with Crippen LogP contribution in [0.3, 0.4) is 0 Å². The molecule has 0 spiro atoms. The number of rotatable bonds is 4. The number of anilines is 1. The molecule has 1 unspecified atom stereocenters. The SMILES string of the molecule is Cc1ccc(C(C(=O)O)N2CCN(c3cnccn3)CC2)c(C)c1. The molecular formula is C18H22N4O2. The van der Waals surface area contributed by atoms with Crippen molar-refractivity contribution in [3.63, 3.8) is 0 Å². The average Bonchev–Trinajstić information content (AvgIpc) is 2.58. The van der Waals surface area contributed by atoms with E-state index in [0.29, 0.717) is 13.1 Å². The number of nitrogens with zero attached hydrogens (tertiary/aromatic N) is 4. The summed E-state index contributed by atoms with van der Waals surface area (Å²) in [5.41, 5.74) is 3.05. The van der Waals surface area contributed by atoms with Crippen molar-refractivity contribution in [2.45, 2.75) is 19.9 Å². The van der Waals surface area contributed by atoms with Crippen LogP contribution in [-0.4, -0.2) is 52.1 Å². The van der Waals surface area contributed by atoms with E-state index in [9.17, 15) is 9.90 Å². The van der Waals surface area contributed by atoms with Gasteiger partial charge in [0.05, 0.1) is 6.20 Å². The van der Waals surface area contributed by atoms with Gasteiger partial charge in [0.15, 0.2) is 0 Å². The van der Waals surface area contributed by atoms with E-state index in [2.05, 4.69) is 14.9 Å². The van der Waals surface area contributed by atoms with Crippen molar-refractivity contribution in [3.8, 4) is 0 Å². The van der Waals surface area contributed by atoms with Crippen LogP contribution < -0.4 is 4.90 Å². The number of hydrogen-bond acceptors (Lipinski definition) is 5. The standard InChI is InChI=1S/C18H22N4O2/c1-13-3-4-15(14(2)11-13)17(18(23)24)22-9-7-21(8-10-22)16-12-19-5-6-20-16/h3-6,11-12,17H,7-10H2,1-2H3,(H,23,24). The summed E-state index contributed by atoms with van der Waals surface area (Å²) in [6.45, 7) is 6.85. The molecule has 2 heterocycles. The van der Waals surface area contributed by atoms with Gasteiger partial charge in [0.2, 0.25) is 0 Å². The predicted molar refractivity (Wildman–Crippen MR) is 92.1 cm³/mol. The zero-order chi connectivity index (χ0) is 17.1. The van der Waals surface area contributed by atoms with E-state index in [0.717, 1.165) is 35.6 Å². The molecule has 24 heavy (non-hydrogen) atoms. The smallest absolute Gasteiger partial charge is 0.325 e. The summed E-state index contributed by atoms with van der Waals surface area (Å²) in [6.07, 6.45) is 5.08. The third-order valence-electron chi connectivity index (χ3n) is 4.51. The van der Waals surface area contributed by atoms with Crippen molar-refractivity contribution in [2.24, 2.45) is 0 Å². The molecule has 0 radical (unpaired) electrons. The molecule has 1 aromatic carbocycles. The van der Waals surface area contributed by atoms with Gasteiger partial charge in [0.1, 0.15) is 11.9 Å². The molecule has 0 aliphatic carbocycles. The Morgan fingerprint density at radius 2 is 1.92 bits per heavy atom. The fraction of sp³-hybridized carbons (Fsp3) is 0.389. The van der Waals surface area contributed by atoms with Crippen molar-refractivity contribution in [3.05, 3.63) is 53.5 Å². The van der Waals surface area contributed by atoms with Gasteiger partial charge in [-0.15, -0.1) is 0 Å². The van der Waals surface area contributed by atoms with Crippen LogP contribution in [0.5, 0.6) is 0 Å². The van der Waals surface area contributed by atoms with Crippen molar-refractivity contribution in [2.75, 3.05) is 31.1 Å². The quantitative estimate of drug-likeness (QED) is 0.927. The van der Waals surface area contributed by atoms with E-state index in [1.54, 1.807) is 18.6 Å². The Balaban J connectivity index is 1.76. The number of aliphatic carboxylic acids is 1. The first-order chi connectivity index (χ1) is 11.6. The lowest BCUT2D eigenvalue weighted by Gasteiger charge is -2.38. The number of hydrogen-bond donors (Lipinski definition) is 1. The molecule has 1 N–H and O–H groups in total. The number of aryl methyl sites for hydroxylation is 2. The van der Waals surface area contributed by atoms with Gasteiger partial charge in [-0.2, -0.15) is 0 Å². The summed E-state index contributed by atoms with van der Waals surface area (Å²) >= 11 is 0. The lowest BCUT2D eigenvalue weighted by Crippen LogP contribution is -2.49. The van der Waals surface area contributed by atoms with Crippen LogP contribution in [0.2, 0.25) is 0 Å². The average molecular weight is 326 g/mol. The first kappa shape index (κ1) is 16.4. The second kappa shape index (κ2) is 6.97. The van der Waals surface area contributed by atoms with E-state index in [-0.39, 0.29) is 0 Å². The van der Waals surface area contributed by atoms with E-state index in [1.165, 1.54) is 0 Å². The van der Waals surface area contributed by atoms with Crippen molar-refractivity contribution in [1.29, 1.82) is 0 Å². The monoisotopic (exact) mass is 326 g/mol. The van der Waals surface area contributed by atoms with Crippen LogP contribution >= 0.6 is 0 Å². The van der Waals surface area contributed by atoms with Gasteiger partial charge in [-0.1, -0.05) is 23.8 Å². The number of carbonyl (C=O) groups is 1. The minimum Gasteiger partial charge on any atom is -0.480 e. The van der Waals surface area contributed by atoms with Crippen LogP contribution in [0.15, 0.2) is 36.8 Å². The highest BCUT2D eigenvalue weighted by Crippen LogP contribution is 2.27. The van der Waals surface area contributed by atoms with E-state index in [4.69, 9.17) is 0 Å². The first-order valence-electron chi connectivity index (χ1n) is 8.11. The number of piperazine rings is 1. The number of carboxylic acid groups (broad SMARTS) is 1. The van der Waals surface area contributed by atoms with Crippen LogP contribution in [0.4, 0.5) is 5.82 Å². The molecule has 6 heteroatoms. The molecule has 1 saturated heterocycles. The highest BCUT2D eigenvalue weighted by molar-refractivity contribution is 5.76. The topological polar surface area (TPSA) is 69.6 Å². The third kappa shape index (κ3) is 3.38. The third-order valence-corrected chi connectivity index (χ3v) is 4.51. The molecule has 0 amide bonds. The van der Waals surface area contributed by atoms with Gasteiger partial charge in [0.25, 0.3) is 0 Å². The molecule has 1 aromatic heterocycles. The molecular weight excluding hydrogens is 304 g/mol. The van der Waals surface area contributed by atoms with Crippen molar-refractivity contribution < 1.29 is 9.90 Å². The summed E-state index contributed by atoms with van der Waals surface area (Å²) in [6, 6.07) is 5.36. The highest BCUT2D eigenvalue weighted by Gasteiger charge is 2.31. The molecule has 0 bridgehead atoms. The molecule has 1 atom stereocenters. The molecule has 1 aliphatic heterocycles. The minimum atomic E-state index is -0.796. The summed E-state index contributed by atoms with van der Waals surface area (Å²) in [7, 11) is 0. The van der Waals surface area contributed by atoms with Gasteiger partial charge in [-0.3, -0.25) is 14.7 Å². The lowest BCUT2D eigenvalue weighted by molar-refractivity contribution is -0.143. The Morgan fingerprint density at radius 3 is 2.50 bits per heavy atom. The van der Waals surface area contributed by atoms with Crippen LogP contribution in [-0.2, 0) is 4.79 Å². The molecule has 0 saturated carbocycles. The Morgan fingerprint density at radius 1 is 1.17 bits per heavy atom. The minimum absolute atomic E-state index is 0.602. The molecule has 2 aromatic rings. The summed E-state index contributed by atoms with van der Waals surface area (Å²) in [5, 5.41) is 9.78. The van der Waals surface area contributed by atoms with E-state index < -0.39 is 12.0 Å². The van der Waals surface area contributed by atoms with Gasteiger partial charge < -0.3 is 10.0 Å². The van der Waals surface area contributed by atoms with Crippen LogP contribution in [0, 0.1) is 13.8 Å². The second-order valence-corrected chi connectivity index (χ2v) is 6.19. The fourth-order valence-corrected chi connectivity index (χ4v) is 3.28. The fourth-order valence-electron chi connectivity index (χ4n) is 3.28. The normalized spacial score (nSPS) is 16.8. The molecule has 1 fully saturated rings. The Labute approximate surface area is 141 Å². The van der Waals surface area contributed by atoms with Gasteiger partial charge in [-0.05, 0) is 25.0 Å². The predicted octanol–water partition coefficient (Wildman–Crippen LogP) is 2.04. The Bertz CT molecular complexity index is 712. The highest BCUT2D eigenvalue weighted by atomic mass is 16.4. The number of aromatic nitrogens is 2. The maximum absolute atomic E-state index is 11.9. The second-order valence-electron chi connectivity index (χ2n) is 6.19. The maximum atomic E-state index is 11.9. The van der Waals surface area contributed by atoms with E-state index in [1.807, 2.05) is 36.9 Å².